The lowest BCUT2D eigenvalue weighted by atomic mass is 10.0. The van der Waals surface area contributed by atoms with Crippen molar-refractivity contribution in [3.63, 3.8) is 0 Å². The molecule has 2 aliphatic heterocycles. The van der Waals surface area contributed by atoms with Gasteiger partial charge in [-0.1, -0.05) is 6.07 Å². The van der Waals surface area contributed by atoms with E-state index in [4.69, 9.17) is 19.6 Å². The van der Waals surface area contributed by atoms with Crippen LogP contribution in [0.2, 0.25) is 0 Å². The van der Waals surface area contributed by atoms with Gasteiger partial charge in [0.1, 0.15) is 36.8 Å². The second kappa shape index (κ2) is 6.93. The molecule has 27 heavy (non-hydrogen) atoms. The fraction of sp³-hybridized carbons (Fsp3) is 0.235. The number of carbonyl (C=O) groups excluding carboxylic acids is 1. The molecule has 1 aromatic carbocycles. The molecule has 0 spiro atoms. The van der Waals surface area contributed by atoms with Gasteiger partial charge in [0.2, 0.25) is 0 Å². The topological polar surface area (TPSA) is 122 Å². The number of aromatic nitrogens is 1. The van der Waals surface area contributed by atoms with Crippen molar-refractivity contribution in [3.8, 4) is 22.9 Å². The quantitative estimate of drug-likeness (QED) is 0.795. The number of cyclic esters (lactones) is 1. The Balaban J connectivity index is 1.60. The van der Waals surface area contributed by atoms with Crippen LogP contribution in [0.4, 0.5) is 10.5 Å². The molecule has 0 radical (unpaired) electrons. The lowest BCUT2D eigenvalue weighted by molar-refractivity contribution is 0.0804. The maximum absolute atomic E-state index is 12.3. The van der Waals surface area contributed by atoms with Gasteiger partial charge in [0, 0.05) is 16.3 Å². The first kappa shape index (κ1) is 17.4. The van der Waals surface area contributed by atoms with E-state index in [-0.39, 0.29) is 13.2 Å². The maximum Gasteiger partial charge on any atom is 0.694 e. The zero-order valence-corrected chi connectivity index (χ0v) is 14.7. The Kier molecular flexibility index (Phi) is 4.46. The first-order valence-electron chi connectivity index (χ1n) is 7.99. The molecular weight excluding hydrogens is 373 g/mol. The van der Waals surface area contributed by atoms with Crippen LogP contribution < -0.4 is 9.64 Å². The number of nitriles is 1. The molecule has 1 N–H and O–H groups in total. The third-order valence-corrected chi connectivity index (χ3v) is 4.77. The second-order valence-corrected chi connectivity index (χ2v) is 6.66. The molecule has 2 aliphatic rings. The molecule has 9 nitrogen and oxygen atoms in total. The van der Waals surface area contributed by atoms with Gasteiger partial charge < -0.3 is 9.47 Å². The standard InChI is InChI=1S/C17H12N3O6P/c18-6-12-3-1-11(7-19-12)10-2-4-13-15(5-10)24-8-14-16(9-25-27(22)23)26-17(21)20(13)14/h1-5,7,14,16H,8-9H2/p+1/t14-,16-/m0/s1. The molecular formula is C17H13N3O6P+. The van der Waals surface area contributed by atoms with Crippen molar-refractivity contribution in [1.29, 1.82) is 5.26 Å². The molecule has 3 heterocycles. The molecule has 1 fully saturated rings. The monoisotopic (exact) mass is 386 g/mol. The minimum atomic E-state index is -2.77. The van der Waals surface area contributed by atoms with Crippen LogP contribution in [-0.4, -0.2) is 41.3 Å². The average Bonchev–Trinajstić information content (AvgIpc) is 3.02. The fourth-order valence-electron chi connectivity index (χ4n) is 3.12. The molecule has 1 saturated heterocycles. The number of hydrogen-bond acceptors (Lipinski definition) is 7. The largest absolute Gasteiger partial charge is 0.694 e. The highest BCUT2D eigenvalue weighted by atomic mass is 31.1. The van der Waals surface area contributed by atoms with Crippen LogP contribution in [0.25, 0.3) is 11.1 Å². The summed E-state index contributed by atoms with van der Waals surface area (Å²) in [6.07, 6.45) is 0.345. The lowest BCUT2D eigenvalue weighted by Crippen LogP contribution is -2.45. The van der Waals surface area contributed by atoms with Crippen LogP contribution in [0, 0.1) is 11.3 Å². The fourth-order valence-corrected chi connectivity index (χ4v) is 3.40. The Labute approximate surface area is 154 Å². The van der Waals surface area contributed by atoms with Crippen molar-refractivity contribution in [1.82, 2.24) is 4.98 Å². The number of anilines is 1. The van der Waals surface area contributed by atoms with Gasteiger partial charge in [0.25, 0.3) is 0 Å². The predicted octanol–water partition coefficient (Wildman–Crippen LogP) is 2.37. The van der Waals surface area contributed by atoms with Gasteiger partial charge in [-0.3, -0.25) is 4.90 Å². The van der Waals surface area contributed by atoms with Crippen LogP contribution >= 0.6 is 8.25 Å². The molecule has 0 bridgehead atoms. The van der Waals surface area contributed by atoms with E-state index < -0.39 is 26.5 Å². The molecule has 136 valence electrons. The summed E-state index contributed by atoms with van der Waals surface area (Å²) in [6.45, 7) is -0.0175. The van der Waals surface area contributed by atoms with E-state index in [0.29, 0.717) is 17.1 Å². The van der Waals surface area contributed by atoms with Crippen LogP contribution in [-0.2, 0) is 13.8 Å². The summed E-state index contributed by atoms with van der Waals surface area (Å²) in [4.78, 5) is 26.6. The molecule has 1 unspecified atom stereocenters. The second-order valence-electron chi connectivity index (χ2n) is 5.93. The van der Waals surface area contributed by atoms with Crippen molar-refractivity contribution in [3.05, 3.63) is 42.2 Å². The minimum Gasteiger partial charge on any atom is -0.489 e. The zero-order chi connectivity index (χ0) is 19.0. The summed E-state index contributed by atoms with van der Waals surface area (Å²) in [7, 11) is -2.77. The van der Waals surface area contributed by atoms with Gasteiger partial charge in [-0.2, -0.15) is 5.26 Å². The predicted molar refractivity (Wildman–Crippen MR) is 92.2 cm³/mol. The number of benzene rings is 1. The lowest BCUT2D eigenvalue weighted by Gasteiger charge is -2.31. The number of fused-ring (bicyclic) bond motifs is 3. The van der Waals surface area contributed by atoms with Crippen molar-refractivity contribution in [2.24, 2.45) is 0 Å². The van der Waals surface area contributed by atoms with Gasteiger partial charge in [-0.15, -0.1) is 9.42 Å². The first-order valence-corrected chi connectivity index (χ1v) is 9.12. The van der Waals surface area contributed by atoms with Gasteiger partial charge in [0.15, 0.2) is 6.10 Å². The van der Waals surface area contributed by atoms with Crippen LogP contribution in [0.5, 0.6) is 5.75 Å². The first-order chi connectivity index (χ1) is 13.1. The SMILES string of the molecule is N#Cc1ccc(-c2ccc3c(c2)OC[C@H]2[C@H](CO[P+](=O)O)OC(=O)N32)cn1. The van der Waals surface area contributed by atoms with E-state index in [1.807, 2.05) is 12.1 Å². The molecule has 0 saturated carbocycles. The maximum atomic E-state index is 12.3. The van der Waals surface area contributed by atoms with Gasteiger partial charge in [-0.05, 0) is 29.8 Å². The highest BCUT2D eigenvalue weighted by molar-refractivity contribution is 7.32. The van der Waals surface area contributed by atoms with Gasteiger partial charge >= 0.3 is 14.3 Å². The summed E-state index contributed by atoms with van der Waals surface area (Å²) >= 11 is 0. The highest BCUT2D eigenvalue weighted by Gasteiger charge is 2.47. The average molecular weight is 386 g/mol. The van der Waals surface area contributed by atoms with Crippen LogP contribution in [0.1, 0.15) is 5.69 Å². The number of carbonyl (C=O) groups is 1. The zero-order valence-electron chi connectivity index (χ0n) is 13.8. The van der Waals surface area contributed by atoms with Crippen molar-refractivity contribution >= 4 is 20.0 Å². The molecule has 2 aromatic rings. The summed E-state index contributed by atoms with van der Waals surface area (Å²) in [5, 5.41) is 8.84. The van der Waals surface area contributed by atoms with Crippen molar-refractivity contribution in [2.45, 2.75) is 12.1 Å². The molecule has 0 aliphatic carbocycles. The minimum absolute atomic E-state index is 0.171. The Morgan fingerprint density at radius 1 is 1.37 bits per heavy atom. The molecule has 1 amide bonds. The van der Waals surface area contributed by atoms with E-state index in [1.54, 1.807) is 30.5 Å². The van der Waals surface area contributed by atoms with Crippen LogP contribution in [0.3, 0.4) is 0 Å². The third kappa shape index (κ3) is 3.22. The number of hydrogen-bond donors (Lipinski definition) is 1. The van der Waals surface area contributed by atoms with E-state index in [2.05, 4.69) is 9.51 Å². The number of amides is 1. The number of rotatable bonds is 4. The van der Waals surface area contributed by atoms with Gasteiger partial charge in [-0.25, -0.2) is 9.78 Å². The summed E-state index contributed by atoms with van der Waals surface area (Å²) in [5.74, 6) is 0.514. The van der Waals surface area contributed by atoms with E-state index >= 15 is 0 Å². The Bertz CT molecular complexity index is 958. The van der Waals surface area contributed by atoms with E-state index in [0.717, 1.165) is 11.1 Å². The van der Waals surface area contributed by atoms with E-state index in [1.165, 1.54) is 4.90 Å². The number of nitrogens with zero attached hydrogens (tertiary/aromatic N) is 3. The van der Waals surface area contributed by atoms with Crippen molar-refractivity contribution in [2.75, 3.05) is 18.1 Å². The smallest absolute Gasteiger partial charge is 0.489 e. The number of ether oxygens (including phenoxy) is 2. The molecule has 4 rings (SSSR count). The van der Waals surface area contributed by atoms with Crippen molar-refractivity contribution < 1.29 is 28.3 Å². The molecule has 3 atom stereocenters. The molecule has 10 heteroatoms. The van der Waals surface area contributed by atoms with Crippen LogP contribution in [0.15, 0.2) is 36.5 Å². The third-order valence-electron chi connectivity index (χ3n) is 4.40. The summed E-state index contributed by atoms with van der Waals surface area (Å²) in [5.41, 5.74) is 2.52. The molecule has 1 aromatic heterocycles. The Hall–Kier alpha value is -3.05. The summed E-state index contributed by atoms with van der Waals surface area (Å²) in [6, 6.07) is 10.3. The van der Waals surface area contributed by atoms with Gasteiger partial charge in [0.05, 0.1) is 5.69 Å². The number of pyridine rings is 1. The Morgan fingerprint density at radius 2 is 2.19 bits per heavy atom. The Morgan fingerprint density at radius 3 is 2.89 bits per heavy atom. The van der Waals surface area contributed by atoms with E-state index in [9.17, 15) is 9.36 Å². The highest BCUT2D eigenvalue weighted by Crippen LogP contribution is 2.41. The normalized spacial score (nSPS) is 20.8. The summed E-state index contributed by atoms with van der Waals surface area (Å²) < 4.78 is 26.5.